The van der Waals surface area contributed by atoms with Crippen LogP contribution >= 0.6 is 27.7 Å². The van der Waals surface area contributed by atoms with Gasteiger partial charge in [0.05, 0.1) is 5.75 Å². The quantitative estimate of drug-likeness (QED) is 0.648. The summed E-state index contributed by atoms with van der Waals surface area (Å²) in [4.78, 5) is 14.9. The Labute approximate surface area is 137 Å². The van der Waals surface area contributed by atoms with Crippen LogP contribution in [0.2, 0.25) is 0 Å². The molecule has 5 heteroatoms. The van der Waals surface area contributed by atoms with E-state index in [1.165, 1.54) is 11.8 Å². The zero-order valence-corrected chi connectivity index (χ0v) is 14.2. The van der Waals surface area contributed by atoms with E-state index in [0.717, 1.165) is 14.9 Å². The second kappa shape index (κ2) is 7.52. The molecule has 0 bridgehead atoms. The predicted octanol–water partition coefficient (Wildman–Crippen LogP) is 3.78. The van der Waals surface area contributed by atoms with Crippen molar-refractivity contribution in [3.63, 3.8) is 0 Å². The molecule has 0 fully saturated rings. The molecule has 2 aromatic rings. The molecule has 110 valence electrons. The second-order valence-corrected chi connectivity index (χ2v) is 6.54. The molecule has 0 saturated carbocycles. The fraction of sp³-hybridized carbons (Fsp3) is 0.188. The zero-order valence-electron chi connectivity index (χ0n) is 11.8. The van der Waals surface area contributed by atoms with Crippen LogP contribution in [0, 0.1) is 0 Å². The fourth-order valence-corrected chi connectivity index (χ4v) is 3.15. The van der Waals surface area contributed by atoms with Crippen LogP contribution in [0.4, 0.5) is 5.69 Å². The molecule has 0 radical (unpaired) electrons. The molecule has 2 N–H and O–H groups in total. The summed E-state index contributed by atoms with van der Waals surface area (Å²) in [6, 6.07) is 15.5. The molecule has 21 heavy (non-hydrogen) atoms. The van der Waals surface area contributed by atoms with Crippen molar-refractivity contribution in [3.8, 4) is 0 Å². The largest absolute Gasteiger partial charge is 0.398 e. The predicted molar refractivity (Wildman–Crippen MR) is 92.2 cm³/mol. The van der Waals surface area contributed by atoms with E-state index in [0.29, 0.717) is 18.0 Å². The molecule has 0 aromatic heterocycles. The van der Waals surface area contributed by atoms with E-state index in [1.807, 2.05) is 55.6 Å². The molecule has 0 saturated heterocycles. The SMILES string of the molecule is CN(Cc1ccccc1Br)C(=O)CSc1ccccc1N. The van der Waals surface area contributed by atoms with Crippen LogP contribution in [-0.2, 0) is 11.3 Å². The Kier molecular flexibility index (Phi) is 5.70. The number of nitrogens with two attached hydrogens (primary N) is 1. The van der Waals surface area contributed by atoms with Crippen molar-refractivity contribution in [2.75, 3.05) is 18.5 Å². The van der Waals surface area contributed by atoms with Crippen molar-refractivity contribution >= 4 is 39.3 Å². The molecule has 0 unspecified atom stereocenters. The van der Waals surface area contributed by atoms with Crippen LogP contribution in [0.1, 0.15) is 5.56 Å². The minimum absolute atomic E-state index is 0.0824. The Hall–Kier alpha value is -1.46. The molecular weight excluding hydrogens is 348 g/mol. The number of nitrogens with zero attached hydrogens (tertiary/aromatic N) is 1. The summed E-state index contributed by atoms with van der Waals surface area (Å²) < 4.78 is 1.02. The van der Waals surface area contributed by atoms with Crippen molar-refractivity contribution in [3.05, 3.63) is 58.6 Å². The molecular formula is C16H17BrN2OS. The number of para-hydroxylation sites is 1. The lowest BCUT2D eigenvalue weighted by Gasteiger charge is -2.18. The third-order valence-corrected chi connectivity index (χ3v) is 4.91. The first kappa shape index (κ1) is 15.9. The van der Waals surface area contributed by atoms with Gasteiger partial charge in [-0.2, -0.15) is 0 Å². The Balaban J connectivity index is 1.91. The van der Waals surface area contributed by atoms with Crippen molar-refractivity contribution in [2.45, 2.75) is 11.4 Å². The standard InChI is InChI=1S/C16H17BrN2OS/c1-19(10-12-6-2-3-7-13(12)17)16(20)11-21-15-9-5-4-8-14(15)18/h2-9H,10-11,18H2,1H3. The number of halogens is 1. The average molecular weight is 365 g/mol. The number of hydrogen-bond donors (Lipinski definition) is 1. The number of anilines is 1. The van der Waals surface area contributed by atoms with E-state index in [4.69, 9.17) is 5.73 Å². The number of rotatable bonds is 5. The smallest absolute Gasteiger partial charge is 0.232 e. The highest BCUT2D eigenvalue weighted by atomic mass is 79.9. The first-order chi connectivity index (χ1) is 10.1. The molecule has 0 heterocycles. The van der Waals surface area contributed by atoms with Gasteiger partial charge in [0.15, 0.2) is 0 Å². The summed E-state index contributed by atoms with van der Waals surface area (Å²) in [5.74, 6) is 0.467. The summed E-state index contributed by atoms with van der Waals surface area (Å²) in [6.07, 6.45) is 0. The van der Waals surface area contributed by atoms with Crippen LogP contribution in [-0.4, -0.2) is 23.6 Å². The summed E-state index contributed by atoms with van der Waals surface area (Å²) >= 11 is 4.97. The van der Waals surface area contributed by atoms with Crippen LogP contribution in [0.15, 0.2) is 57.9 Å². The molecule has 0 aliphatic carbocycles. The summed E-state index contributed by atoms with van der Waals surface area (Å²) in [5.41, 5.74) is 7.68. The van der Waals surface area contributed by atoms with Gasteiger partial charge in [0.25, 0.3) is 0 Å². The van der Waals surface area contributed by atoms with Gasteiger partial charge in [-0.15, -0.1) is 11.8 Å². The number of nitrogen functional groups attached to an aromatic ring is 1. The Morgan fingerprint density at radius 3 is 2.57 bits per heavy atom. The van der Waals surface area contributed by atoms with Gasteiger partial charge in [0, 0.05) is 28.6 Å². The Morgan fingerprint density at radius 1 is 1.19 bits per heavy atom. The van der Waals surface area contributed by atoms with E-state index in [9.17, 15) is 4.79 Å². The first-order valence-electron chi connectivity index (χ1n) is 6.52. The molecule has 0 aliphatic heterocycles. The van der Waals surface area contributed by atoms with Crippen molar-refractivity contribution in [2.24, 2.45) is 0 Å². The molecule has 0 atom stereocenters. The minimum atomic E-state index is 0.0824. The second-order valence-electron chi connectivity index (χ2n) is 4.67. The molecule has 0 aliphatic rings. The third kappa shape index (κ3) is 4.51. The Morgan fingerprint density at radius 2 is 1.86 bits per heavy atom. The summed E-state index contributed by atoms with van der Waals surface area (Å²) in [5, 5.41) is 0. The van der Waals surface area contributed by atoms with Crippen molar-refractivity contribution in [1.29, 1.82) is 0 Å². The maximum absolute atomic E-state index is 12.2. The van der Waals surface area contributed by atoms with Gasteiger partial charge < -0.3 is 10.6 Å². The highest BCUT2D eigenvalue weighted by molar-refractivity contribution is 9.10. The van der Waals surface area contributed by atoms with E-state index < -0.39 is 0 Å². The lowest BCUT2D eigenvalue weighted by atomic mass is 10.2. The first-order valence-corrected chi connectivity index (χ1v) is 8.30. The van der Waals surface area contributed by atoms with Crippen molar-refractivity contribution < 1.29 is 4.79 Å². The van der Waals surface area contributed by atoms with Gasteiger partial charge in [-0.25, -0.2) is 0 Å². The maximum atomic E-state index is 12.2. The summed E-state index contributed by atoms with van der Waals surface area (Å²) in [6.45, 7) is 0.588. The zero-order chi connectivity index (χ0) is 15.2. The normalized spacial score (nSPS) is 10.4. The van der Waals surface area contributed by atoms with Gasteiger partial charge in [-0.1, -0.05) is 46.3 Å². The molecule has 1 amide bonds. The minimum Gasteiger partial charge on any atom is -0.398 e. The number of hydrogen-bond acceptors (Lipinski definition) is 3. The monoisotopic (exact) mass is 364 g/mol. The van der Waals surface area contributed by atoms with Crippen LogP contribution in [0.25, 0.3) is 0 Å². The van der Waals surface area contributed by atoms with E-state index in [1.54, 1.807) is 4.90 Å². The van der Waals surface area contributed by atoms with Gasteiger partial charge in [0.1, 0.15) is 0 Å². The van der Waals surface area contributed by atoms with E-state index >= 15 is 0 Å². The lowest BCUT2D eigenvalue weighted by Crippen LogP contribution is -2.27. The van der Waals surface area contributed by atoms with Crippen LogP contribution in [0.5, 0.6) is 0 Å². The molecule has 2 rings (SSSR count). The van der Waals surface area contributed by atoms with Crippen molar-refractivity contribution in [1.82, 2.24) is 4.90 Å². The number of amides is 1. The molecule has 0 spiro atoms. The molecule has 3 nitrogen and oxygen atoms in total. The maximum Gasteiger partial charge on any atom is 0.232 e. The van der Waals surface area contributed by atoms with Gasteiger partial charge in [-0.05, 0) is 23.8 Å². The number of carbonyl (C=O) groups excluding carboxylic acids is 1. The number of benzene rings is 2. The lowest BCUT2D eigenvalue weighted by molar-refractivity contribution is -0.127. The fourth-order valence-electron chi connectivity index (χ4n) is 1.83. The van der Waals surface area contributed by atoms with Gasteiger partial charge >= 0.3 is 0 Å². The van der Waals surface area contributed by atoms with Gasteiger partial charge in [0.2, 0.25) is 5.91 Å². The third-order valence-electron chi connectivity index (χ3n) is 3.06. The van der Waals surface area contributed by atoms with E-state index in [2.05, 4.69) is 15.9 Å². The highest BCUT2D eigenvalue weighted by Crippen LogP contribution is 2.25. The number of thioether (sulfide) groups is 1. The van der Waals surface area contributed by atoms with Crippen LogP contribution < -0.4 is 5.73 Å². The molecule has 2 aromatic carbocycles. The number of carbonyl (C=O) groups is 1. The summed E-state index contributed by atoms with van der Waals surface area (Å²) in [7, 11) is 1.82. The highest BCUT2D eigenvalue weighted by Gasteiger charge is 2.12. The van der Waals surface area contributed by atoms with Crippen LogP contribution in [0.3, 0.4) is 0 Å². The average Bonchev–Trinajstić information content (AvgIpc) is 2.48. The van der Waals surface area contributed by atoms with E-state index in [-0.39, 0.29) is 5.91 Å². The topological polar surface area (TPSA) is 46.3 Å². The Bertz CT molecular complexity index is 633. The van der Waals surface area contributed by atoms with Gasteiger partial charge in [-0.3, -0.25) is 4.79 Å².